The largest absolute Gasteiger partial charge is 0.477 e. The number of aliphatic carboxylic acids is 1. The van der Waals surface area contributed by atoms with E-state index in [1.165, 1.54) is 7.11 Å². The smallest absolute Gasteiger partial charge is 0.373 e. The van der Waals surface area contributed by atoms with Gasteiger partial charge in [0.25, 0.3) is 5.78 Å². The van der Waals surface area contributed by atoms with E-state index in [4.69, 9.17) is 28.4 Å². The number of carboxylic acids is 1. The van der Waals surface area contributed by atoms with Crippen LogP contribution in [0.2, 0.25) is 0 Å². The number of Topliss-reactive ketones (excluding diaryl/α,β-unsaturated/α-hetero) is 1. The van der Waals surface area contributed by atoms with E-state index < -0.39 is 35.2 Å². The van der Waals surface area contributed by atoms with Gasteiger partial charge in [0.15, 0.2) is 0 Å². The molecule has 2 unspecified atom stereocenters. The molecule has 0 spiro atoms. The quantitative estimate of drug-likeness (QED) is 0.197. The highest BCUT2D eigenvalue weighted by Gasteiger charge is 2.63. The number of hydrogen-bond donors (Lipinski definition) is 1. The number of carboxylic acid groups (broad SMARTS) is 1. The van der Waals surface area contributed by atoms with Crippen LogP contribution in [-0.2, 0) is 38.0 Å². The van der Waals surface area contributed by atoms with Gasteiger partial charge in [-0.3, -0.25) is 4.79 Å². The van der Waals surface area contributed by atoms with Crippen LogP contribution < -0.4 is 0 Å². The first kappa shape index (κ1) is 28.9. The summed E-state index contributed by atoms with van der Waals surface area (Å²) in [7, 11) is 1.45. The molecule has 9 nitrogen and oxygen atoms in total. The van der Waals surface area contributed by atoms with E-state index in [-0.39, 0.29) is 26.4 Å². The summed E-state index contributed by atoms with van der Waals surface area (Å²) < 4.78 is 33.6. The fraction of sp³-hybridized carbons (Fsp3) is 0.905. The monoisotopic (exact) mass is 436 g/mol. The summed E-state index contributed by atoms with van der Waals surface area (Å²) >= 11 is 0. The van der Waals surface area contributed by atoms with Gasteiger partial charge in [-0.15, -0.1) is 0 Å². The van der Waals surface area contributed by atoms with Crippen molar-refractivity contribution in [1.29, 1.82) is 0 Å². The van der Waals surface area contributed by atoms with Crippen molar-refractivity contribution in [3.63, 3.8) is 0 Å². The molecular weight excluding hydrogens is 396 g/mol. The van der Waals surface area contributed by atoms with Crippen molar-refractivity contribution in [2.75, 3.05) is 33.5 Å². The Balaban J connectivity index is 6.49. The third-order valence-corrected chi connectivity index (χ3v) is 3.80. The van der Waals surface area contributed by atoms with Crippen LogP contribution in [0.1, 0.15) is 67.7 Å². The van der Waals surface area contributed by atoms with Crippen LogP contribution in [0.4, 0.5) is 0 Å². The molecule has 0 saturated heterocycles. The lowest BCUT2D eigenvalue weighted by Gasteiger charge is -2.41. The van der Waals surface area contributed by atoms with Crippen molar-refractivity contribution in [2.24, 2.45) is 0 Å². The SMILES string of the molecule is CCCCOC(OC(C)(C)COC)(C(=O)O)C(=O)C(OCC)(OCCC)OC(C)C. The fourth-order valence-electron chi connectivity index (χ4n) is 2.70. The van der Waals surface area contributed by atoms with Gasteiger partial charge in [-0.05, 0) is 47.5 Å². The molecule has 0 aromatic carbocycles. The van der Waals surface area contributed by atoms with E-state index in [0.717, 1.165) is 6.42 Å². The summed E-state index contributed by atoms with van der Waals surface area (Å²) in [5.41, 5.74) is -1.17. The van der Waals surface area contributed by atoms with Crippen LogP contribution in [0.25, 0.3) is 0 Å². The summed E-state index contributed by atoms with van der Waals surface area (Å²) in [5.74, 6) is -7.75. The second-order valence-electron chi connectivity index (χ2n) is 7.75. The fourth-order valence-corrected chi connectivity index (χ4v) is 2.70. The normalized spacial score (nSPS) is 16.3. The molecule has 0 radical (unpaired) electrons. The topological polar surface area (TPSA) is 110 Å². The Hall–Kier alpha value is -1.10. The molecule has 0 rings (SSSR count). The third-order valence-electron chi connectivity index (χ3n) is 3.80. The zero-order valence-electron chi connectivity index (χ0n) is 19.7. The highest BCUT2D eigenvalue weighted by molar-refractivity contribution is 6.07. The average molecular weight is 437 g/mol. The van der Waals surface area contributed by atoms with Crippen molar-refractivity contribution in [3.8, 4) is 0 Å². The van der Waals surface area contributed by atoms with Gasteiger partial charge in [0.1, 0.15) is 0 Å². The predicted molar refractivity (Wildman–Crippen MR) is 110 cm³/mol. The van der Waals surface area contributed by atoms with Crippen LogP contribution in [0.5, 0.6) is 0 Å². The number of rotatable bonds is 18. The molecule has 0 bridgehead atoms. The molecule has 9 heteroatoms. The molecule has 0 aliphatic carbocycles. The zero-order chi connectivity index (χ0) is 23.4. The summed E-state index contributed by atoms with van der Waals surface area (Å²) in [6, 6.07) is 0. The Labute approximate surface area is 180 Å². The maximum atomic E-state index is 13.8. The third kappa shape index (κ3) is 8.20. The van der Waals surface area contributed by atoms with Crippen molar-refractivity contribution >= 4 is 11.8 Å². The van der Waals surface area contributed by atoms with Crippen molar-refractivity contribution < 1.29 is 43.1 Å². The van der Waals surface area contributed by atoms with E-state index in [1.54, 1.807) is 34.6 Å². The first-order valence-electron chi connectivity index (χ1n) is 10.5. The van der Waals surface area contributed by atoms with Gasteiger partial charge in [0, 0.05) is 7.11 Å². The number of methoxy groups -OCH3 is 1. The predicted octanol–water partition coefficient (Wildman–Crippen LogP) is 3.14. The molecule has 30 heavy (non-hydrogen) atoms. The van der Waals surface area contributed by atoms with Crippen molar-refractivity contribution in [3.05, 3.63) is 0 Å². The zero-order valence-corrected chi connectivity index (χ0v) is 19.7. The van der Waals surface area contributed by atoms with Crippen molar-refractivity contribution in [1.82, 2.24) is 0 Å². The molecule has 0 aromatic heterocycles. The molecule has 0 fully saturated rings. The Kier molecular flexibility index (Phi) is 12.9. The summed E-state index contributed by atoms with van der Waals surface area (Å²) in [5, 5.41) is 10.1. The second-order valence-corrected chi connectivity index (χ2v) is 7.75. The molecule has 178 valence electrons. The molecule has 0 heterocycles. The molecule has 0 aromatic rings. The first-order chi connectivity index (χ1) is 14.0. The van der Waals surface area contributed by atoms with E-state index >= 15 is 0 Å². The number of unbranched alkanes of at least 4 members (excludes halogenated alkanes) is 1. The van der Waals surface area contributed by atoms with Gasteiger partial charge < -0.3 is 33.5 Å². The van der Waals surface area contributed by atoms with Crippen LogP contribution in [0, 0.1) is 0 Å². The molecular formula is C21H40O9. The van der Waals surface area contributed by atoms with Gasteiger partial charge in [-0.1, -0.05) is 20.3 Å². The Bertz CT molecular complexity index is 521. The van der Waals surface area contributed by atoms with E-state index in [1.807, 2.05) is 13.8 Å². The average Bonchev–Trinajstić information content (AvgIpc) is 2.64. The van der Waals surface area contributed by atoms with Crippen LogP contribution >= 0.6 is 0 Å². The lowest BCUT2D eigenvalue weighted by Crippen LogP contribution is -2.66. The Morgan fingerprint density at radius 2 is 1.60 bits per heavy atom. The van der Waals surface area contributed by atoms with E-state index in [0.29, 0.717) is 12.8 Å². The number of ketones is 1. The summed E-state index contributed by atoms with van der Waals surface area (Å²) in [6.45, 7) is 12.1. The van der Waals surface area contributed by atoms with Gasteiger partial charge in [-0.25, -0.2) is 4.79 Å². The lowest BCUT2D eigenvalue weighted by molar-refractivity contribution is -0.379. The van der Waals surface area contributed by atoms with Gasteiger partial charge in [-0.2, -0.15) is 0 Å². The Morgan fingerprint density at radius 3 is 2.03 bits per heavy atom. The maximum Gasteiger partial charge on any atom is 0.373 e. The van der Waals surface area contributed by atoms with Crippen LogP contribution in [0.15, 0.2) is 0 Å². The minimum Gasteiger partial charge on any atom is -0.477 e. The van der Waals surface area contributed by atoms with Gasteiger partial charge in [0.2, 0.25) is 0 Å². The van der Waals surface area contributed by atoms with Crippen LogP contribution in [-0.4, -0.2) is 73.9 Å². The molecule has 0 saturated carbocycles. The molecule has 0 aliphatic heterocycles. The van der Waals surface area contributed by atoms with Crippen LogP contribution in [0.3, 0.4) is 0 Å². The number of carbonyl (C=O) groups is 2. The number of carbonyl (C=O) groups excluding carboxylic acids is 1. The number of ether oxygens (including phenoxy) is 6. The number of hydrogen-bond acceptors (Lipinski definition) is 8. The highest BCUT2D eigenvalue weighted by Crippen LogP contribution is 2.33. The first-order valence-corrected chi connectivity index (χ1v) is 10.5. The lowest BCUT2D eigenvalue weighted by atomic mass is 10.1. The minimum atomic E-state index is -2.71. The van der Waals surface area contributed by atoms with Gasteiger partial charge in [0.05, 0.1) is 38.1 Å². The summed E-state index contributed by atoms with van der Waals surface area (Å²) in [4.78, 5) is 26.3. The highest BCUT2D eigenvalue weighted by atomic mass is 16.9. The van der Waals surface area contributed by atoms with E-state index in [9.17, 15) is 14.7 Å². The molecule has 0 amide bonds. The van der Waals surface area contributed by atoms with Gasteiger partial charge >= 0.3 is 17.7 Å². The maximum absolute atomic E-state index is 13.8. The van der Waals surface area contributed by atoms with Crippen molar-refractivity contribution in [2.45, 2.75) is 91.2 Å². The summed E-state index contributed by atoms with van der Waals surface area (Å²) in [6.07, 6.45) is 1.30. The standard InChI is InChI=1S/C21H40O9/c1-9-12-14-27-20(18(23)24,30-19(6,7)15-25-8)17(22)21(26-11-3,28-13-10-2)29-16(4)5/h16H,9-15H2,1-8H3,(H,23,24). The molecule has 0 aliphatic rings. The molecule has 1 N–H and O–H groups in total. The Morgan fingerprint density at radius 1 is 0.967 bits per heavy atom. The minimum absolute atomic E-state index is 0.0186. The van der Waals surface area contributed by atoms with E-state index in [2.05, 4.69) is 0 Å². The second kappa shape index (κ2) is 13.3. The molecule has 2 atom stereocenters.